The maximum Gasteiger partial charge on any atom is 0.155 e. The molecular weight excluding hydrogens is 296 g/mol. The second kappa shape index (κ2) is 7.06. The Kier molecular flexibility index (Phi) is 5.12. The first-order valence-corrected chi connectivity index (χ1v) is 9.81. The van der Waals surface area contributed by atoms with Crippen LogP contribution in [0.4, 0.5) is 0 Å². The summed E-state index contributed by atoms with van der Waals surface area (Å²) in [7, 11) is 0. The first-order chi connectivity index (χ1) is 10.3. The molecule has 3 heteroatoms. The first kappa shape index (κ1) is 15.2. The third-order valence-electron chi connectivity index (χ3n) is 4.24. The van der Waals surface area contributed by atoms with Gasteiger partial charge >= 0.3 is 0 Å². The van der Waals surface area contributed by atoms with E-state index in [0.29, 0.717) is 5.78 Å². The summed E-state index contributed by atoms with van der Waals surface area (Å²) in [5.74, 6) is 2.79. The topological polar surface area (TPSA) is 17.1 Å². The zero-order valence-corrected chi connectivity index (χ0v) is 14.0. The molecule has 1 fully saturated rings. The van der Waals surface area contributed by atoms with Crippen molar-refractivity contribution in [3.05, 3.63) is 47.5 Å². The first-order valence-electron chi connectivity index (χ1n) is 7.84. The number of thioether (sulfide) groups is 2. The summed E-state index contributed by atoms with van der Waals surface area (Å²) in [4.78, 5) is 11.8. The van der Waals surface area contributed by atoms with Gasteiger partial charge in [-0.3, -0.25) is 4.79 Å². The van der Waals surface area contributed by atoms with Crippen LogP contribution < -0.4 is 0 Å². The lowest BCUT2D eigenvalue weighted by Crippen LogP contribution is -2.30. The molecule has 112 valence electrons. The highest BCUT2D eigenvalue weighted by molar-refractivity contribution is 8.19. The van der Waals surface area contributed by atoms with E-state index in [9.17, 15) is 4.79 Å². The number of rotatable bonds is 4. The van der Waals surface area contributed by atoms with E-state index in [1.165, 1.54) is 29.1 Å². The maximum atomic E-state index is 11.8. The fourth-order valence-electron chi connectivity index (χ4n) is 3.11. The highest BCUT2D eigenvalue weighted by atomic mass is 32.2. The van der Waals surface area contributed by atoms with E-state index >= 15 is 0 Å². The Bertz CT molecular complexity index is 515. The molecular formula is C18H22OS2. The van der Waals surface area contributed by atoms with Gasteiger partial charge in [-0.2, -0.15) is 0 Å². The number of hydrogen-bond acceptors (Lipinski definition) is 3. The largest absolute Gasteiger partial charge is 0.295 e. The van der Waals surface area contributed by atoms with E-state index in [2.05, 4.69) is 53.9 Å². The molecule has 2 aliphatic rings. The zero-order valence-electron chi connectivity index (χ0n) is 12.3. The minimum Gasteiger partial charge on any atom is -0.295 e. The summed E-state index contributed by atoms with van der Waals surface area (Å²) in [5, 5.41) is 0. The fourth-order valence-corrected chi connectivity index (χ4v) is 6.55. The van der Waals surface area contributed by atoms with E-state index < -0.39 is 0 Å². The molecule has 1 saturated heterocycles. The summed E-state index contributed by atoms with van der Waals surface area (Å²) in [6.45, 7) is 0. The predicted molar refractivity (Wildman–Crippen MR) is 94.0 cm³/mol. The average Bonchev–Trinajstić information content (AvgIpc) is 2.55. The molecule has 0 unspecified atom stereocenters. The Morgan fingerprint density at radius 3 is 2.48 bits per heavy atom. The number of hydrogen-bond donors (Lipinski definition) is 0. The van der Waals surface area contributed by atoms with Crippen molar-refractivity contribution in [2.24, 2.45) is 0 Å². The van der Waals surface area contributed by atoms with Crippen LogP contribution in [0.15, 0.2) is 42.0 Å². The molecule has 0 amide bonds. The van der Waals surface area contributed by atoms with E-state index in [1.54, 1.807) is 0 Å². The molecule has 0 aromatic heterocycles. The van der Waals surface area contributed by atoms with Gasteiger partial charge in [-0.15, -0.1) is 23.5 Å². The molecule has 1 aliphatic carbocycles. The third-order valence-corrected chi connectivity index (χ3v) is 7.80. The van der Waals surface area contributed by atoms with Gasteiger partial charge in [0, 0.05) is 6.42 Å². The third kappa shape index (κ3) is 3.75. The highest BCUT2D eigenvalue weighted by Gasteiger charge is 2.38. The van der Waals surface area contributed by atoms with Crippen molar-refractivity contribution >= 4 is 29.3 Å². The molecule has 1 aliphatic heterocycles. The number of ketones is 1. The zero-order chi connectivity index (χ0) is 14.5. The molecule has 1 aromatic carbocycles. The van der Waals surface area contributed by atoms with Gasteiger partial charge in [-0.05, 0) is 60.8 Å². The fraction of sp³-hybridized carbons (Fsp3) is 0.500. The van der Waals surface area contributed by atoms with Gasteiger partial charge in [0.15, 0.2) is 5.78 Å². The van der Waals surface area contributed by atoms with Crippen LogP contribution in [0.3, 0.4) is 0 Å². The normalized spacial score (nSPS) is 21.9. The summed E-state index contributed by atoms with van der Waals surface area (Å²) in [6, 6.07) is 10.7. The molecule has 3 rings (SSSR count). The number of benzene rings is 1. The van der Waals surface area contributed by atoms with Crippen LogP contribution >= 0.6 is 23.5 Å². The molecule has 1 heterocycles. The van der Waals surface area contributed by atoms with Gasteiger partial charge in [0.2, 0.25) is 0 Å². The highest BCUT2D eigenvalue weighted by Crippen LogP contribution is 2.52. The Morgan fingerprint density at radius 1 is 1.00 bits per heavy atom. The van der Waals surface area contributed by atoms with Crippen molar-refractivity contribution in [3.8, 4) is 0 Å². The Hall–Kier alpha value is -0.670. The minimum atomic E-state index is 0.157. The smallest absolute Gasteiger partial charge is 0.155 e. The summed E-state index contributed by atoms with van der Waals surface area (Å²) >= 11 is 4.16. The SMILES string of the molecule is O=C1C=C(C2(CCc3ccccc3)SCCCS2)CCC1. The van der Waals surface area contributed by atoms with Crippen LogP contribution in [0, 0.1) is 0 Å². The monoisotopic (exact) mass is 318 g/mol. The second-order valence-electron chi connectivity index (χ2n) is 5.78. The Labute approximate surface area is 136 Å². The number of carbonyl (C=O) groups excluding carboxylic acids is 1. The lowest BCUT2D eigenvalue weighted by molar-refractivity contribution is -0.115. The molecule has 0 N–H and O–H groups in total. The predicted octanol–water partition coefficient (Wildman–Crippen LogP) is 4.87. The van der Waals surface area contributed by atoms with E-state index in [1.807, 2.05) is 6.08 Å². The Morgan fingerprint density at radius 2 is 1.76 bits per heavy atom. The molecule has 0 radical (unpaired) electrons. The molecule has 1 nitrogen and oxygen atoms in total. The van der Waals surface area contributed by atoms with Crippen molar-refractivity contribution in [2.75, 3.05) is 11.5 Å². The standard InChI is InChI=1S/C18H22OS2/c19-17-9-4-8-16(14-17)18(20-12-5-13-21-18)11-10-15-6-2-1-3-7-15/h1-3,6-7,14H,4-5,8-13H2. The molecule has 0 atom stereocenters. The van der Waals surface area contributed by atoms with Crippen LogP contribution in [0.25, 0.3) is 0 Å². The van der Waals surface area contributed by atoms with Crippen molar-refractivity contribution in [1.82, 2.24) is 0 Å². The van der Waals surface area contributed by atoms with Gasteiger partial charge < -0.3 is 0 Å². The van der Waals surface area contributed by atoms with Crippen LogP contribution in [0.2, 0.25) is 0 Å². The Balaban J connectivity index is 1.78. The summed E-state index contributed by atoms with van der Waals surface area (Å²) in [5.41, 5.74) is 2.82. The van der Waals surface area contributed by atoms with Gasteiger partial charge in [0.1, 0.15) is 0 Å². The number of allylic oxidation sites excluding steroid dienone is 1. The van der Waals surface area contributed by atoms with Crippen LogP contribution in [0.5, 0.6) is 0 Å². The maximum absolute atomic E-state index is 11.8. The van der Waals surface area contributed by atoms with Crippen molar-refractivity contribution in [3.63, 3.8) is 0 Å². The summed E-state index contributed by atoms with van der Waals surface area (Å²) in [6.07, 6.45) is 8.41. The molecule has 0 spiro atoms. The molecule has 0 bridgehead atoms. The van der Waals surface area contributed by atoms with E-state index in [-0.39, 0.29) is 4.08 Å². The average molecular weight is 319 g/mol. The van der Waals surface area contributed by atoms with E-state index in [4.69, 9.17) is 0 Å². The van der Waals surface area contributed by atoms with Gasteiger partial charge in [-0.1, -0.05) is 30.3 Å². The second-order valence-corrected chi connectivity index (χ2v) is 8.82. The lowest BCUT2D eigenvalue weighted by atomic mass is 9.93. The van der Waals surface area contributed by atoms with Gasteiger partial charge in [0.05, 0.1) is 4.08 Å². The van der Waals surface area contributed by atoms with E-state index in [0.717, 1.165) is 32.1 Å². The number of aryl methyl sites for hydroxylation is 1. The molecule has 21 heavy (non-hydrogen) atoms. The molecule has 0 saturated carbocycles. The van der Waals surface area contributed by atoms with Crippen LogP contribution in [0.1, 0.15) is 37.7 Å². The quantitative estimate of drug-likeness (QED) is 0.789. The van der Waals surface area contributed by atoms with Crippen LogP contribution in [-0.4, -0.2) is 21.4 Å². The van der Waals surface area contributed by atoms with Crippen molar-refractivity contribution in [1.29, 1.82) is 0 Å². The minimum absolute atomic E-state index is 0.157. The molecule has 1 aromatic rings. The lowest BCUT2D eigenvalue weighted by Gasteiger charge is -2.39. The van der Waals surface area contributed by atoms with Crippen LogP contribution in [-0.2, 0) is 11.2 Å². The summed E-state index contributed by atoms with van der Waals surface area (Å²) < 4.78 is 0.157. The van der Waals surface area contributed by atoms with Gasteiger partial charge in [0.25, 0.3) is 0 Å². The van der Waals surface area contributed by atoms with Crippen molar-refractivity contribution < 1.29 is 4.79 Å². The van der Waals surface area contributed by atoms with Gasteiger partial charge in [-0.25, -0.2) is 0 Å². The van der Waals surface area contributed by atoms with Crippen molar-refractivity contribution in [2.45, 2.75) is 42.6 Å². The number of carbonyl (C=O) groups is 1.